The Bertz CT molecular complexity index is 1290. The maximum absolute atomic E-state index is 12.6. The van der Waals surface area contributed by atoms with Gasteiger partial charge in [0.15, 0.2) is 0 Å². The first-order valence-electron chi connectivity index (χ1n) is 12.0. The first kappa shape index (κ1) is 26.7. The molecule has 0 bridgehead atoms. The van der Waals surface area contributed by atoms with Crippen LogP contribution >= 0.6 is 11.6 Å². The minimum Gasteiger partial charge on any atom is -0.492 e. The monoisotopic (exact) mass is 526 g/mol. The lowest BCUT2D eigenvalue weighted by Gasteiger charge is -2.31. The van der Waals surface area contributed by atoms with Crippen LogP contribution in [0.3, 0.4) is 0 Å². The van der Waals surface area contributed by atoms with Gasteiger partial charge in [0.25, 0.3) is 0 Å². The highest BCUT2D eigenvalue weighted by Gasteiger charge is 2.43. The Hall–Kier alpha value is -3.34. The standard InChI is InChI=1S/C29H26ClF3N2O2/c1-20-18-21(2-9-26-10-6-24(19-34-26)22-4-7-25(30)8-5-22)3-11-27(20)37-17-16-35-14-12-23(13-15-35)28(36)29(31,32)33/h3-8,10-11,18-19,23H,12-17H2,1H3. The van der Waals surface area contributed by atoms with Gasteiger partial charge in [0, 0.05) is 34.8 Å². The Kier molecular flexibility index (Phi) is 8.52. The van der Waals surface area contributed by atoms with Crippen molar-refractivity contribution >= 4 is 17.4 Å². The summed E-state index contributed by atoms with van der Waals surface area (Å²) < 4.78 is 43.7. The molecule has 1 aliphatic rings. The Morgan fingerprint density at radius 3 is 2.38 bits per heavy atom. The Morgan fingerprint density at radius 1 is 1.05 bits per heavy atom. The average molecular weight is 527 g/mol. The van der Waals surface area contributed by atoms with Crippen LogP contribution in [0.2, 0.25) is 5.02 Å². The first-order valence-corrected chi connectivity index (χ1v) is 12.4. The van der Waals surface area contributed by atoms with Crippen LogP contribution in [0.5, 0.6) is 5.75 Å². The zero-order chi connectivity index (χ0) is 26.4. The number of carbonyl (C=O) groups is 1. The highest BCUT2D eigenvalue weighted by molar-refractivity contribution is 6.30. The Balaban J connectivity index is 1.26. The Labute approximate surface area is 219 Å². The van der Waals surface area contributed by atoms with Gasteiger partial charge >= 0.3 is 6.18 Å². The smallest absolute Gasteiger partial charge is 0.450 e. The summed E-state index contributed by atoms with van der Waals surface area (Å²) in [6.07, 6.45) is -2.51. The largest absolute Gasteiger partial charge is 0.492 e. The molecular weight excluding hydrogens is 501 g/mol. The molecule has 2 aromatic carbocycles. The van der Waals surface area contributed by atoms with E-state index >= 15 is 0 Å². The molecule has 192 valence electrons. The van der Waals surface area contributed by atoms with Crippen molar-refractivity contribution in [3.8, 4) is 28.7 Å². The van der Waals surface area contributed by atoms with E-state index in [1.807, 2.05) is 66.4 Å². The van der Waals surface area contributed by atoms with E-state index < -0.39 is 17.9 Å². The van der Waals surface area contributed by atoms with Crippen LogP contribution < -0.4 is 4.74 Å². The molecule has 1 saturated heterocycles. The van der Waals surface area contributed by atoms with Gasteiger partial charge in [-0.15, -0.1) is 0 Å². The third kappa shape index (κ3) is 7.34. The number of nitrogens with zero attached hydrogens (tertiary/aromatic N) is 2. The summed E-state index contributed by atoms with van der Waals surface area (Å²) in [5.74, 6) is 4.41. The number of hydrogen-bond acceptors (Lipinski definition) is 4. The number of ether oxygens (including phenoxy) is 1. The van der Waals surface area contributed by atoms with Gasteiger partial charge in [-0.2, -0.15) is 13.2 Å². The summed E-state index contributed by atoms with van der Waals surface area (Å²) in [5, 5.41) is 0.688. The molecule has 4 rings (SSSR count). The van der Waals surface area contributed by atoms with Gasteiger partial charge in [-0.3, -0.25) is 9.69 Å². The zero-order valence-electron chi connectivity index (χ0n) is 20.3. The zero-order valence-corrected chi connectivity index (χ0v) is 21.1. The Morgan fingerprint density at radius 2 is 1.76 bits per heavy atom. The second-order valence-electron chi connectivity index (χ2n) is 9.00. The predicted octanol–water partition coefficient (Wildman–Crippen LogP) is 6.33. The number of aryl methyl sites for hydroxylation is 1. The van der Waals surface area contributed by atoms with E-state index in [4.69, 9.17) is 16.3 Å². The fourth-order valence-corrected chi connectivity index (χ4v) is 4.37. The molecule has 0 amide bonds. The van der Waals surface area contributed by atoms with Gasteiger partial charge < -0.3 is 4.74 Å². The van der Waals surface area contributed by atoms with E-state index in [-0.39, 0.29) is 12.8 Å². The predicted molar refractivity (Wildman–Crippen MR) is 138 cm³/mol. The number of piperidine rings is 1. The summed E-state index contributed by atoms with van der Waals surface area (Å²) in [6.45, 7) is 3.85. The van der Waals surface area contributed by atoms with Crippen LogP contribution in [0.15, 0.2) is 60.8 Å². The fourth-order valence-electron chi connectivity index (χ4n) is 4.24. The summed E-state index contributed by atoms with van der Waals surface area (Å²) in [7, 11) is 0. The van der Waals surface area contributed by atoms with E-state index in [0.717, 1.165) is 28.0 Å². The van der Waals surface area contributed by atoms with Crippen molar-refractivity contribution in [1.29, 1.82) is 0 Å². The van der Waals surface area contributed by atoms with Gasteiger partial charge in [0.1, 0.15) is 18.1 Å². The van der Waals surface area contributed by atoms with Gasteiger partial charge in [0.05, 0.1) is 0 Å². The third-order valence-electron chi connectivity index (χ3n) is 6.35. The van der Waals surface area contributed by atoms with Gasteiger partial charge in [-0.05, 0) is 86.3 Å². The molecule has 0 radical (unpaired) electrons. The van der Waals surface area contributed by atoms with Crippen molar-refractivity contribution in [3.05, 3.63) is 82.6 Å². The molecule has 8 heteroatoms. The molecule has 0 atom stereocenters. The number of pyridine rings is 1. The van der Waals surface area contributed by atoms with Crippen LogP contribution in [-0.2, 0) is 4.79 Å². The number of benzene rings is 2. The molecule has 0 spiro atoms. The summed E-state index contributed by atoms with van der Waals surface area (Å²) >= 11 is 5.94. The van der Waals surface area contributed by atoms with E-state index in [2.05, 4.69) is 16.8 Å². The topological polar surface area (TPSA) is 42.4 Å². The van der Waals surface area contributed by atoms with Crippen molar-refractivity contribution in [2.75, 3.05) is 26.2 Å². The lowest BCUT2D eigenvalue weighted by Crippen LogP contribution is -2.41. The second kappa shape index (κ2) is 11.8. The molecule has 4 nitrogen and oxygen atoms in total. The molecule has 0 saturated carbocycles. The van der Waals surface area contributed by atoms with Crippen LogP contribution in [0.1, 0.15) is 29.7 Å². The molecule has 1 aromatic heterocycles. The lowest BCUT2D eigenvalue weighted by atomic mass is 9.92. The maximum Gasteiger partial charge on any atom is 0.450 e. The first-order chi connectivity index (χ1) is 17.7. The molecule has 0 N–H and O–H groups in total. The van der Waals surface area contributed by atoms with Crippen molar-refractivity contribution in [3.63, 3.8) is 0 Å². The molecule has 1 fully saturated rings. The average Bonchev–Trinajstić information content (AvgIpc) is 2.89. The maximum atomic E-state index is 12.6. The molecule has 37 heavy (non-hydrogen) atoms. The van der Waals surface area contributed by atoms with Crippen molar-refractivity contribution in [1.82, 2.24) is 9.88 Å². The van der Waals surface area contributed by atoms with Crippen LogP contribution in [0, 0.1) is 24.7 Å². The van der Waals surface area contributed by atoms with Crippen molar-refractivity contribution < 1.29 is 22.7 Å². The highest BCUT2D eigenvalue weighted by Crippen LogP contribution is 2.28. The molecule has 3 aromatic rings. The number of alkyl halides is 3. The van der Waals surface area contributed by atoms with Gasteiger partial charge in [-0.25, -0.2) is 4.98 Å². The summed E-state index contributed by atoms with van der Waals surface area (Å²) in [4.78, 5) is 17.9. The molecule has 0 aliphatic carbocycles. The SMILES string of the molecule is Cc1cc(C#Cc2ccc(-c3ccc(Cl)cc3)cn2)ccc1OCCN1CCC(C(=O)C(F)(F)F)CC1. The number of ketones is 1. The highest BCUT2D eigenvalue weighted by atomic mass is 35.5. The minimum absolute atomic E-state index is 0.226. The molecule has 2 heterocycles. The number of halogens is 4. The molecule has 1 aliphatic heterocycles. The van der Waals surface area contributed by atoms with E-state index in [1.165, 1.54) is 0 Å². The van der Waals surface area contributed by atoms with Crippen LogP contribution in [0.4, 0.5) is 13.2 Å². The molecular formula is C29H26ClF3N2O2. The van der Waals surface area contributed by atoms with Crippen molar-refractivity contribution in [2.24, 2.45) is 5.92 Å². The van der Waals surface area contributed by atoms with E-state index in [0.29, 0.717) is 37.0 Å². The third-order valence-corrected chi connectivity index (χ3v) is 6.61. The lowest BCUT2D eigenvalue weighted by molar-refractivity contribution is -0.177. The molecule has 0 unspecified atom stereocenters. The number of rotatable bonds is 6. The number of likely N-dealkylation sites (tertiary alicyclic amines) is 1. The summed E-state index contributed by atoms with van der Waals surface area (Å²) in [6, 6.07) is 17.1. The number of carbonyl (C=O) groups excluding carboxylic acids is 1. The number of Topliss-reactive ketones (excluding diaryl/α,β-unsaturated/α-hetero) is 1. The van der Waals surface area contributed by atoms with Crippen LogP contribution in [0.25, 0.3) is 11.1 Å². The van der Waals surface area contributed by atoms with E-state index in [1.54, 1.807) is 6.20 Å². The van der Waals surface area contributed by atoms with E-state index in [9.17, 15) is 18.0 Å². The van der Waals surface area contributed by atoms with Crippen LogP contribution in [-0.4, -0.2) is 48.1 Å². The normalized spacial score (nSPS) is 14.6. The fraction of sp³-hybridized carbons (Fsp3) is 0.310. The number of hydrogen-bond donors (Lipinski definition) is 0. The number of aromatic nitrogens is 1. The second-order valence-corrected chi connectivity index (χ2v) is 9.43. The van der Waals surface area contributed by atoms with Gasteiger partial charge in [-0.1, -0.05) is 35.7 Å². The summed E-state index contributed by atoms with van der Waals surface area (Å²) in [5.41, 5.74) is 4.45. The van der Waals surface area contributed by atoms with Crippen molar-refractivity contribution in [2.45, 2.75) is 25.9 Å². The quantitative estimate of drug-likeness (QED) is 0.352. The minimum atomic E-state index is -4.75. The van der Waals surface area contributed by atoms with Gasteiger partial charge in [0.2, 0.25) is 5.78 Å².